The van der Waals surface area contributed by atoms with E-state index in [2.05, 4.69) is 4.98 Å². The molecule has 0 aromatic carbocycles. The van der Waals surface area contributed by atoms with Gasteiger partial charge in [0, 0.05) is 11.8 Å². The molecule has 0 atom stereocenters. The lowest BCUT2D eigenvalue weighted by Crippen LogP contribution is -1.92. The molecular weight excluding hydrogens is 222 g/mol. The van der Waals surface area contributed by atoms with Gasteiger partial charge in [-0.05, 0) is 32.0 Å². The Morgan fingerprint density at radius 3 is 2.88 bits per heavy atom. The number of furan rings is 1. The quantitative estimate of drug-likeness (QED) is 0.762. The van der Waals surface area contributed by atoms with Gasteiger partial charge in [-0.3, -0.25) is 4.79 Å². The minimum atomic E-state index is 0.0492. The second-order valence-corrected chi connectivity index (χ2v) is 4.44. The van der Waals surface area contributed by atoms with Crippen LogP contribution in [0, 0.1) is 6.92 Å². The van der Waals surface area contributed by atoms with E-state index in [-0.39, 0.29) is 5.78 Å². The van der Waals surface area contributed by atoms with Gasteiger partial charge in [-0.2, -0.15) is 0 Å². The second-order valence-electron chi connectivity index (χ2n) is 3.38. The number of rotatable bonds is 3. The van der Waals surface area contributed by atoms with Gasteiger partial charge in [-0.25, -0.2) is 4.98 Å². The number of carbonyl (C=O) groups is 1. The van der Waals surface area contributed by atoms with Gasteiger partial charge in [0.05, 0.1) is 11.2 Å². The van der Waals surface area contributed by atoms with Crippen molar-refractivity contribution >= 4 is 17.5 Å². The highest BCUT2D eigenvalue weighted by Crippen LogP contribution is 2.29. The molecule has 0 bridgehead atoms. The van der Waals surface area contributed by atoms with E-state index < -0.39 is 0 Å². The van der Waals surface area contributed by atoms with Crippen LogP contribution in [-0.4, -0.2) is 10.8 Å². The number of aryl methyl sites for hydroxylation is 1. The maximum atomic E-state index is 11.2. The number of Topliss-reactive ketones (excluding diaryl/α,β-unsaturated/α-hetero) is 1. The lowest BCUT2D eigenvalue weighted by molar-refractivity contribution is 0.101. The van der Waals surface area contributed by atoms with E-state index in [0.717, 1.165) is 15.7 Å². The summed E-state index contributed by atoms with van der Waals surface area (Å²) in [6, 6.07) is 5.40. The Morgan fingerprint density at radius 2 is 2.25 bits per heavy atom. The van der Waals surface area contributed by atoms with Crippen LogP contribution in [0.25, 0.3) is 0 Å². The standard InChI is InChI=1S/C12H11NO2S/c1-8(14)10-3-5-13-12(7-10)16-11-4-6-15-9(11)2/h3-7H,1-2H3. The third-order valence-electron chi connectivity index (χ3n) is 2.17. The zero-order chi connectivity index (χ0) is 11.5. The number of ketones is 1. The summed E-state index contributed by atoms with van der Waals surface area (Å²) in [5.74, 6) is 0.910. The summed E-state index contributed by atoms with van der Waals surface area (Å²) in [4.78, 5) is 16.4. The van der Waals surface area contributed by atoms with Crippen molar-refractivity contribution in [2.75, 3.05) is 0 Å². The summed E-state index contributed by atoms with van der Waals surface area (Å²) in [5, 5.41) is 0.803. The average molecular weight is 233 g/mol. The van der Waals surface area contributed by atoms with E-state index in [0.29, 0.717) is 5.56 Å². The molecule has 3 nitrogen and oxygen atoms in total. The summed E-state index contributed by atoms with van der Waals surface area (Å²) in [6.07, 6.45) is 3.29. The first-order valence-corrected chi connectivity index (χ1v) is 5.67. The Kier molecular flexibility index (Phi) is 3.10. The number of aromatic nitrogens is 1. The number of carbonyl (C=O) groups excluding carboxylic acids is 1. The summed E-state index contributed by atoms with van der Waals surface area (Å²) < 4.78 is 5.20. The zero-order valence-electron chi connectivity index (χ0n) is 9.06. The van der Waals surface area contributed by atoms with Crippen molar-refractivity contribution in [1.29, 1.82) is 0 Å². The topological polar surface area (TPSA) is 43.1 Å². The summed E-state index contributed by atoms with van der Waals surface area (Å²) in [5.41, 5.74) is 0.679. The van der Waals surface area contributed by atoms with Crippen LogP contribution in [0.1, 0.15) is 23.0 Å². The Labute approximate surface area is 97.9 Å². The lowest BCUT2D eigenvalue weighted by atomic mass is 10.2. The molecule has 0 amide bonds. The third-order valence-corrected chi connectivity index (χ3v) is 3.24. The van der Waals surface area contributed by atoms with Crippen molar-refractivity contribution in [3.63, 3.8) is 0 Å². The highest BCUT2D eigenvalue weighted by atomic mass is 32.2. The number of pyridine rings is 1. The van der Waals surface area contributed by atoms with Crippen LogP contribution in [0.15, 0.2) is 45.0 Å². The summed E-state index contributed by atoms with van der Waals surface area (Å²) in [6.45, 7) is 3.45. The summed E-state index contributed by atoms with van der Waals surface area (Å²) >= 11 is 1.50. The van der Waals surface area contributed by atoms with Crippen molar-refractivity contribution in [1.82, 2.24) is 4.98 Å². The van der Waals surface area contributed by atoms with Gasteiger partial charge in [0.25, 0.3) is 0 Å². The maximum absolute atomic E-state index is 11.2. The van der Waals surface area contributed by atoms with E-state index in [9.17, 15) is 4.79 Å². The maximum Gasteiger partial charge on any atom is 0.159 e. The molecule has 82 valence electrons. The molecule has 0 saturated carbocycles. The van der Waals surface area contributed by atoms with Gasteiger partial charge in [-0.15, -0.1) is 0 Å². The molecular formula is C12H11NO2S. The minimum Gasteiger partial charge on any atom is -0.468 e. The first-order chi connectivity index (χ1) is 7.66. The van der Waals surface area contributed by atoms with E-state index in [1.54, 1.807) is 31.5 Å². The van der Waals surface area contributed by atoms with Crippen molar-refractivity contribution in [3.05, 3.63) is 42.0 Å². The molecule has 0 aliphatic rings. The van der Waals surface area contributed by atoms with Crippen molar-refractivity contribution in [2.45, 2.75) is 23.8 Å². The smallest absolute Gasteiger partial charge is 0.159 e. The normalized spacial score (nSPS) is 10.4. The van der Waals surface area contributed by atoms with Crippen LogP contribution in [-0.2, 0) is 0 Å². The lowest BCUT2D eigenvalue weighted by Gasteiger charge is -2.00. The molecule has 0 fully saturated rings. The molecule has 0 aliphatic heterocycles. The van der Waals surface area contributed by atoms with E-state index in [4.69, 9.17) is 4.42 Å². The highest BCUT2D eigenvalue weighted by Gasteiger charge is 2.06. The van der Waals surface area contributed by atoms with Gasteiger partial charge in [0.2, 0.25) is 0 Å². The van der Waals surface area contributed by atoms with Crippen molar-refractivity contribution in [3.8, 4) is 0 Å². The van der Waals surface area contributed by atoms with Gasteiger partial charge >= 0.3 is 0 Å². The van der Waals surface area contributed by atoms with Crippen LogP contribution >= 0.6 is 11.8 Å². The number of nitrogens with zero attached hydrogens (tertiary/aromatic N) is 1. The Balaban J connectivity index is 2.25. The predicted octanol–water partition coefficient (Wildman–Crippen LogP) is 3.34. The molecule has 0 spiro atoms. The molecule has 2 rings (SSSR count). The van der Waals surface area contributed by atoms with E-state index >= 15 is 0 Å². The van der Waals surface area contributed by atoms with Crippen LogP contribution in [0.4, 0.5) is 0 Å². The average Bonchev–Trinajstić information content (AvgIpc) is 2.65. The fourth-order valence-corrected chi connectivity index (χ4v) is 2.12. The van der Waals surface area contributed by atoms with Crippen LogP contribution < -0.4 is 0 Å². The first kappa shape index (κ1) is 11.0. The molecule has 0 N–H and O–H groups in total. The van der Waals surface area contributed by atoms with Gasteiger partial charge < -0.3 is 4.42 Å². The van der Waals surface area contributed by atoms with Crippen molar-refractivity contribution in [2.24, 2.45) is 0 Å². The molecule has 0 radical (unpaired) electrons. The Morgan fingerprint density at radius 1 is 1.44 bits per heavy atom. The van der Waals surface area contributed by atoms with Gasteiger partial charge in [-0.1, -0.05) is 11.8 Å². The minimum absolute atomic E-state index is 0.0492. The SMILES string of the molecule is CC(=O)c1ccnc(Sc2ccoc2C)c1. The second kappa shape index (κ2) is 4.53. The summed E-state index contributed by atoms with van der Waals surface area (Å²) in [7, 11) is 0. The molecule has 0 aliphatic carbocycles. The molecule has 0 saturated heterocycles. The van der Waals surface area contributed by atoms with E-state index in [1.165, 1.54) is 11.8 Å². The third kappa shape index (κ3) is 2.33. The molecule has 2 aromatic rings. The zero-order valence-corrected chi connectivity index (χ0v) is 9.88. The predicted molar refractivity (Wildman–Crippen MR) is 61.8 cm³/mol. The molecule has 0 unspecified atom stereocenters. The number of hydrogen-bond donors (Lipinski definition) is 0. The van der Waals surface area contributed by atoms with Crippen molar-refractivity contribution < 1.29 is 9.21 Å². The Hall–Kier alpha value is -1.55. The molecule has 2 heterocycles. The monoisotopic (exact) mass is 233 g/mol. The fraction of sp³-hybridized carbons (Fsp3) is 0.167. The van der Waals surface area contributed by atoms with Gasteiger partial charge in [0.1, 0.15) is 10.8 Å². The molecule has 2 aromatic heterocycles. The van der Waals surface area contributed by atoms with Gasteiger partial charge in [0.15, 0.2) is 5.78 Å². The van der Waals surface area contributed by atoms with Crippen LogP contribution in [0.2, 0.25) is 0 Å². The van der Waals surface area contributed by atoms with Crippen LogP contribution in [0.5, 0.6) is 0 Å². The molecule has 16 heavy (non-hydrogen) atoms. The molecule has 4 heteroatoms. The fourth-order valence-electron chi connectivity index (χ4n) is 1.28. The van der Waals surface area contributed by atoms with E-state index in [1.807, 2.05) is 13.0 Å². The first-order valence-electron chi connectivity index (χ1n) is 4.86. The Bertz CT molecular complexity index is 519. The highest BCUT2D eigenvalue weighted by molar-refractivity contribution is 7.99. The van der Waals surface area contributed by atoms with Crippen LogP contribution in [0.3, 0.4) is 0 Å². The number of hydrogen-bond acceptors (Lipinski definition) is 4. The largest absolute Gasteiger partial charge is 0.468 e.